The van der Waals surface area contributed by atoms with Gasteiger partial charge in [0.25, 0.3) is 5.56 Å². The zero-order chi connectivity index (χ0) is 23.7. The van der Waals surface area contributed by atoms with Gasteiger partial charge >= 0.3 is 0 Å². The Morgan fingerprint density at radius 2 is 1.91 bits per heavy atom. The molecular formula is C24H31ClN4O3S. The summed E-state index contributed by atoms with van der Waals surface area (Å²) in [6.45, 7) is 7.94. The predicted octanol–water partition coefficient (Wildman–Crippen LogP) is 4.32. The van der Waals surface area contributed by atoms with Gasteiger partial charge in [-0.15, -0.1) is 11.3 Å². The van der Waals surface area contributed by atoms with Crippen molar-refractivity contribution in [1.82, 2.24) is 19.5 Å². The number of carbonyl (C=O) groups excluding carboxylic acids is 1. The van der Waals surface area contributed by atoms with E-state index >= 15 is 0 Å². The number of halogens is 1. The highest BCUT2D eigenvalue weighted by Crippen LogP contribution is 2.47. The molecule has 33 heavy (non-hydrogen) atoms. The molecule has 3 aromatic heterocycles. The number of rotatable bonds is 4. The first-order valence-corrected chi connectivity index (χ1v) is 12.9. The van der Waals surface area contributed by atoms with Crippen LogP contribution in [-0.4, -0.2) is 36.3 Å². The molecular weight excluding hydrogens is 460 g/mol. The van der Waals surface area contributed by atoms with Crippen LogP contribution in [0.5, 0.6) is 0 Å². The summed E-state index contributed by atoms with van der Waals surface area (Å²) in [5.74, 6) is 1.39. The van der Waals surface area contributed by atoms with Gasteiger partial charge in [-0.2, -0.15) is 5.10 Å². The van der Waals surface area contributed by atoms with Crippen LogP contribution in [0.1, 0.15) is 71.5 Å². The quantitative estimate of drug-likeness (QED) is 0.570. The van der Waals surface area contributed by atoms with Crippen molar-refractivity contribution in [3.63, 3.8) is 0 Å². The number of hydrogen-bond acceptors (Lipinski definition) is 5. The van der Waals surface area contributed by atoms with Crippen LogP contribution < -0.4 is 10.9 Å². The highest BCUT2D eigenvalue weighted by atomic mass is 35.5. The molecule has 0 radical (unpaired) electrons. The van der Waals surface area contributed by atoms with Crippen molar-refractivity contribution < 1.29 is 9.90 Å². The van der Waals surface area contributed by atoms with E-state index in [2.05, 4.69) is 17.3 Å². The molecule has 2 fully saturated rings. The molecule has 178 valence electrons. The number of amides is 1. The van der Waals surface area contributed by atoms with E-state index in [4.69, 9.17) is 11.6 Å². The molecule has 3 heterocycles. The van der Waals surface area contributed by atoms with Crippen LogP contribution in [0.25, 0.3) is 15.7 Å². The third-order valence-corrected chi connectivity index (χ3v) is 8.42. The molecule has 2 N–H and O–H groups in total. The first-order valence-electron chi connectivity index (χ1n) is 11.7. The third-order valence-electron chi connectivity index (χ3n) is 7.22. The zero-order valence-electron chi connectivity index (χ0n) is 19.5. The summed E-state index contributed by atoms with van der Waals surface area (Å²) < 4.78 is 4.76. The average Bonchev–Trinajstić information content (AvgIpc) is 3.17. The van der Waals surface area contributed by atoms with Gasteiger partial charge in [-0.05, 0) is 69.9 Å². The highest BCUT2D eigenvalue weighted by molar-refractivity contribution is 7.22. The Morgan fingerprint density at radius 3 is 2.55 bits per heavy atom. The van der Waals surface area contributed by atoms with Crippen molar-refractivity contribution >= 4 is 44.6 Å². The maximum atomic E-state index is 13.2. The van der Waals surface area contributed by atoms with Gasteiger partial charge in [0.1, 0.15) is 17.9 Å². The van der Waals surface area contributed by atoms with Gasteiger partial charge in [0.15, 0.2) is 0 Å². The van der Waals surface area contributed by atoms with E-state index in [1.807, 2.05) is 37.3 Å². The molecule has 0 saturated heterocycles. The Labute approximate surface area is 201 Å². The molecule has 5 rings (SSSR count). The number of aromatic nitrogens is 3. The van der Waals surface area contributed by atoms with Gasteiger partial charge in [0.05, 0.1) is 20.2 Å². The lowest BCUT2D eigenvalue weighted by Crippen LogP contribution is -2.55. The van der Waals surface area contributed by atoms with E-state index in [0.29, 0.717) is 21.7 Å². The molecule has 2 unspecified atom stereocenters. The molecule has 0 aromatic carbocycles. The minimum Gasteiger partial charge on any atom is -0.390 e. The molecule has 2 aliphatic rings. The Bertz CT molecular complexity index is 1290. The molecule has 2 atom stereocenters. The van der Waals surface area contributed by atoms with Crippen LogP contribution in [0, 0.1) is 11.8 Å². The third kappa shape index (κ3) is 4.21. The second-order valence-electron chi connectivity index (χ2n) is 11.0. The molecule has 0 aliphatic heterocycles. The predicted molar refractivity (Wildman–Crippen MR) is 131 cm³/mol. The minimum atomic E-state index is -0.603. The number of carbonyl (C=O) groups is 1. The van der Waals surface area contributed by atoms with Crippen LogP contribution in [0.3, 0.4) is 0 Å². The molecule has 7 nitrogen and oxygen atoms in total. The summed E-state index contributed by atoms with van der Waals surface area (Å²) in [4.78, 5) is 26.3. The van der Waals surface area contributed by atoms with Crippen LogP contribution in [0.4, 0.5) is 0 Å². The van der Waals surface area contributed by atoms with Crippen LogP contribution in [-0.2, 0) is 11.3 Å². The number of thiophene rings is 1. The number of hydrogen-bond donors (Lipinski definition) is 2. The lowest BCUT2D eigenvalue weighted by Gasteiger charge is -2.50. The second-order valence-corrected chi connectivity index (χ2v) is 12.7. The molecule has 2 bridgehead atoms. The Hall–Kier alpha value is -1.90. The molecule has 0 spiro atoms. The van der Waals surface area contributed by atoms with Crippen LogP contribution in [0.15, 0.2) is 16.9 Å². The van der Waals surface area contributed by atoms with Crippen molar-refractivity contribution in [2.24, 2.45) is 11.8 Å². The first kappa shape index (κ1) is 22.9. The molecule has 2 aliphatic carbocycles. The van der Waals surface area contributed by atoms with Crippen molar-refractivity contribution in [2.45, 2.75) is 83.4 Å². The standard InChI is InChI=1S/C24H31ClN4O3S/c1-13(2)21-27-28(22(31)17-6-18-16(29(17)21)7-19(25)33-18)12-20(30)26-23(3)8-14-5-15(9-23)11-24(4,32)10-14/h6-7,13-15,32H,5,8-12H2,1-4H3,(H,26,30). The topological polar surface area (TPSA) is 88.6 Å². The van der Waals surface area contributed by atoms with E-state index in [9.17, 15) is 14.7 Å². The van der Waals surface area contributed by atoms with E-state index < -0.39 is 5.60 Å². The van der Waals surface area contributed by atoms with E-state index in [0.717, 1.165) is 48.1 Å². The smallest absolute Gasteiger partial charge is 0.291 e. The van der Waals surface area contributed by atoms with Crippen LogP contribution in [0.2, 0.25) is 4.34 Å². The van der Waals surface area contributed by atoms with E-state index in [1.165, 1.54) is 16.0 Å². The summed E-state index contributed by atoms with van der Waals surface area (Å²) >= 11 is 7.62. The summed E-state index contributed by atoms with van der Waals surface area (Å²) in [7, 11) is 0. The van der Waals surface area contributed by atoms with Gasteiger partial charge < -0.3 is 10.4 Å². The van der Waals surface area contributed by atoms with Gasteiger partial charge in [0.2, 0.25) is 5.91 Å². The van der Waals surface area contributed by atoms with Crippen molar-refractivity contribution in [2.75, 3.05) is 0 Å². The normalized spacial score (nSPS) is 29.8. The number of fused-ring (bicyclic) bond motifs is 5. The minimum absolute atomic E-state index is 0.0553. The summed E-state index contributed by atoms with van der Waals surface area (Å²) in [6, 6.07) is 3.70. The average molecular weight is 491 g/mol. The molecule has 9 heteroatoms. The fourth-order valence-electron chi connectivity index (χ4n) is 6.44. The maximum absolute atomic E-state index is 13.2. The molecule has 3 aromatic rings. The van der Waals surface area contributed by atoms with Gasteiger partial charge in [-0.25, -0.2) is 4.68 Å². The Balaban J connectivity index is 1.42. The van der Waals surface area contributed by atoms with Crippen LogP contribution >= 0.6 is 22.9 Å². The number of nitrogens with one attached hydrogen (secondary N) is 1. The van der Waals surface area contributed by atoms with Gasteiger partial charge in [-0.1, -0.05) is 25.4 Å². The largest absolute Gasteiger partial charge is 0.390 e. The van der Waals surface area contributed by atoms with Crippen molar-refractivity contribution in [1.29, 1.82) is 0 Å². The number of aliphatic hydroxyl groups is 1. The lowest BCUT2D eigenvalue weighted by molar-refractivity contribution is -0.125. The monoisotopic (exact) mass is 490 g/mol. The fraction of sp³-hybridized carbons (Fsp3) is 0.625. The summed E-state index contributed by atoms with van der Waals surface area (Å²) in [5.41, 5.74) is 0.177. The van der Waals surface area contributed by atoms with Gasteiger partial charge in [0, 0.05) is 11.5 Å². The highest BCUT2D eigenvalue weighted by Gasteiger charge is 2.45. The fourth-order valence-corrected chi connectivity index (χ4v) is 7.60. The van der Waals surface area contributed by atoms with E-state index in [-0.39, 0.29) is 29.5 Å². The number of nitrogens with zero attached hydrogens (tertiary/aromatic N) is 3. The molecule has 2 saturated carbocycles. The molecule has 1 amide bonds. The summed E-state index contributed by atoms with van der Waals surface area (Å²) in [6.07, 6.45) is 4.37. The first-order chi connectivity index (χ1) is 15.4. The van der Waals surface area contributed by atoms with Crippen molar-refractivity contribution in [3.8, 4) is 0 Å². The second kappa shape index (κ2) is 7.82. The Morgan fingerprint density at radius 1 is 1.24 bits per heavy atom. The SMILES string of the molecule is CC(C)c1nn(CC(=O)NC2(C)CC3CC(CC(C)(O)C3)C2)c(=O)c2cc3sc(Cl)cc3n12. The van der Waals surface area contributed by atoms with E-state index in [1.54, 1.807) is 0 Å². The zero-order valence-corrected chi connectivity index (χ0v) is 21.1. The van der Waals surface area contributed by atoms with Crippen molar-refractivity contribution in [3.05, 3.63) is 32.6 Å². The summed E-state index contributed by atoms with van der Waals surface area (Å²) in [5, 5.41) is 18.3. The maximum Gasteiger partial charge on any atom is 0.291 e. The van der Waals surface area contributed by atoms with Gasteiger partial charge in [-0.3, -0.25) is 14.0 Å². The lowest BCUT2D eigenvalue weighted by atomic mass is 9.61. The Kier molecular flexibility index (Phi) is 5.42.